The van der Waals surface area contributed by atoms with Gasteiger partial charge in [0, 0.05) is 11.3 Å². The van der Waals surface area contributed by atoms with Gasteiger partial charge in [0.2, 0.25) is 0 Å². The van der Waals surface area contributed by atoms with Crippen LogP contribution in [0.3, 0.4) is 0 Å². The number of halogens is 2. The Bertz CT molecular complexity index is 945. The van der Waals surface area contributed by atoms with Crippen molar-refractivity contribution >= 4 is 40.8 Å². The first-order chi connectivity index (χ1) is 13.6. The predicted molar refractivity (Wildman–Crippen MR) is 116 cm³/mol. The van der Waals surface area contributed by atoms with Gasteiger partial charge in [-0.05, 0) is 66.3 Å². The van der Waals surface area contributed by atoms with Crippen molar-refractivity contribution in [3.05, 3.63) is 94.8 Å². The van der Waals surface area contributed by atoms with E-state index < -0.39 is 0 Å². The molecule has 0 radical (unpaired) electrons. The molecule has 0 spiro atoms. The van der Waals surface area contributed by atoms with E-state index in [1.54, 1.807) is 30.5 Å². The van der Waals surface area contributed by atoms with Crippen LogP contribution in [0.15, 0.2) is 77.9 Å². The summed E-state index contributed by atoms with van der Waals surface area (Å²) < 4.78 is 19.4. The van der Waals surface area contributed by atoms with E-state index in [9.17, 15) is 4.39 Å². The summed E-state index contributed by atoms with van der Waals surface area (Å²) >= 11 is 11.2. The largest absolute Gasteiger partial charge is 0.489 e. The number of para-hydroxylation sites is 1. The number of nitrogens with zero attached hydrogens (tertiary/aromatic N) is 1. The summed E-state index contributed by atoms with van der Waals surface area (Å²) in [6, 6.07) is 21.3. The van der Waals surface area contributed by atoms with Crippen molar-refractivity contribution in [3.63, 3.8) is 0 Å². The van der Waals surface area contributed by atoms with Crippen LogP contribution >= 0.6 is 23.8 Å². The van der Waals surface area contributed by atoms with Gasteiger partial charge in [-0.15, -0.1) is 0 Å². The van der Waals surface area contributed by atoms with E-state index >= 15 is 0 Å². The zero-order chi connectivity index (χ0) is 19.8. The average Bonchev–Trinajstić information content (AvgIpc) is 2.69. The standard InChI is InChI=1S/C21H17ClFN3OS/c22-19-7-4-8-20(23)18(19)14-27-17-11-9-15(10-12-17)13-24-26-21(28)25-16-5-2-1-3-6-16/h1-13H,14H2,(H2,25,26,28)/b24-13-. The van der Waals surface area contributed by atoms with Gasteiger partial charge < -0.3 is 10.1 Å². The molecule has 142 valence electrons. The lowest BCUT2D eigenvalue weighted by Crippen LogP contribution is -2.23. The number of hydrazone groups is 1. The van der Waals surface area contributed by atoms with Gasteiger partial charge in [0.25, 0.3) is 0 Å². The zero-order valence-electron chi connectivity index (χ0n) is 14.7. The smallest absolute Gasteiger partial charge is 0.191 e. The lowest BCUT2D eigenvalue weighted by molar-refractivity contribution is 0.300. The molecule has 0 fully saturated rings. The fourth-order valence-corrected chi connectivity index (χ4v) is 2.71. The Hall–Kier alpha value is -2.96. The minimum atomic E-state index is -0.387. The Balaban J connectivity index is 1.50. The summed E-state index contributed by atoms with van der Waals surface area (Å²) in [5.41, 5.74) is 4.82. The molecule has 28 heavy (non-hydrogen) atoms. The van der Waals surface area contributed by atoms with E-state index in [1.165, 1.54) is 6.07 Å². The Labute approximate surface area is 173 Å². The molecule has 0 unspecified atom stereocenters. The molecular weight excluding hydrogens is 397 g/mol. The molecule has 0 aliphatic rings. The molecule has 3 aromatic carbocycles. The van der Waals surface area contributed by atoms with Crippen LogP contribution in [0, 0.1) is 5.82 Å². The summed E-state index contributed by atoms with van der Waals surface area (Å²) in [5.74, 6) is 0.216. The van der Waals surface area contributed by atoms with Gasteiger partial charge in [0.1, 0.15) is 18.2 Å². The second-order valence-electron chi connectivity index (χ2n) is 5.75. The number of anilines is 1. The van der Waals surface area contributed by atoms with Crippen LogP contribution in [0.1, 0.15) is 11.1 Å². The second-order valence-corrected chi connectivity index (χ2v) is 6.56. The number of ether oxygens (including phenoxy) is 1. The molecule has 0 saturated carbocycles. The summed E-state index contributed by atoms with van der Waals surface area (Å²) in [5, 5.41) is 7.86. The van der Waals surface area contributed by atoms with Gasteiger partial charge in [-0.3, -0.25) is 5.43 Å². The molecule has 7 heteroatoms. The van der Waals surface area contributed by atoms with Crippen molar-refractivity contribution in [1.29, 1.82) is 0 Å². The molecule has 3 rings (SSSR count). The van der Waals surface area contributed by atoms with Crippen molar-refractivity contribution < 1.29 is 9.13 Å². The quantitative estimate of drug-likeness (QED) is 0.323. The van der Waals surface area contributed by atoms with Crippen molar-refractivity contribution in [2.24, 2.45) is 5.10 Å². The summed E-state index contributed by atoms with van der Waals surface area (Å²) in [7, 11) is 0. The Kier molecular flexibility index (Phi) is 6.94. The zero-order valence-corrected chi connectivity index (χ0v) is 16.3. The molecule has 0 atom stereocenters. The molecule has 0 bridgehead atoms. The summed E-state index contributed by atoms with van der Waals surface area (Å²) in [6.45, 7) is 0.0555. The number of benzene rings is 3. The normalized spacial score (nSPS) is 10.6. The lowest BCUT2D eigenvalue weighted by atomic mass is 10.2. The maximum Gasteiger partial charge on any atom is 0.191 e. The third kappa shape index (κ3) is 5.77. The molecule has 0 heterocycles. The second kappa shape index (κ2) is 9.82. The minimum Gasteiger partial charge on any atom is -0.489 e. The highest BCUT2D eigenvalue weighted by Gasteiger charge is 2.07. The van der Waals surface area contributed by atoms with Crippen LogP contribution in [-0.4, -0.2) is 11.3 Å². The van der Waals surface area contributed by atoms with Gasteiger partial charge in [-0.1, -0.05) is 35.9 Å². The number of thiocarbonyl (C=S) groups is 1. The third-order valence-electron chi connectivity index (χ3n) is 3.74. The molecule has 0 aliphatic heterocycles. The number of rotatable bonds is 6. The van der Waals surface area contributed by atoms with E-state index in [2.05, 4.69) is 15.8 Å². The monoisotopic (exact) mass is 413 g/mol. The molecule has 2 N–H and O–H groups in total. The first-order valence-electron chi connectivity index (χ1n) is 8.42. The fraction of sp³-hybridized carbons (Fsp3) is 0.0476. The average molecular weight is 414 g/mol. The van der Waals surface area contributed by atoms with Crippen LogP contribution in [0.4, 0.5) is 10.1 Å². The van der Waals surface area contributed by atoms with Crippen molar-refractivity contribution in [3.8, 4) is 5.75 Å². The van der Waals surface area contributed by atoms with Crippen LogP contribution in [0.5, 0.6) is 5.75 Å². The Morgan fingerprint density at radius 3 is 2.50 bits per heavy atom. The molecule has 0 aromatic heterocycles. The fourth-order valence-electron chi connectivity index (χ4n) is 2.32. The van der Waals surface area contributed by atoms with Gasteiger partial charge in [0.15, 0.2) is 5.11 Å². The van der Waals surface area contributed by atoms with E-state index in [-0.39, 0.29) is 12.4 Å². The van der Waals surface area contributed by atoms with Crippen LogP contribution in [-0.2, 0) is 6.61 Å². The number of hydrogen-bond donors (Lipinski definition) is 2. The highest BCUT2D eigenvalue weighted by Crippen LogP contribution is 2.21. The highest BCUT2D eigenvalue weighted by atomic mass is 35.5. The van der Waals surface area contributed by atoms with E-state index in [4.69, 9.17) is 28.6 Å². The SMILES string of the molecule is Fc1cccc(Cl)c1COc1ccc(/C=N\NC(=S)Nc2ccccc2)cc1. The Morgan fingerprint density at radius 1 is 1.04 bits per heavy atom. The molecule has 4 nitrogen and oxygen atoms in total. The minimum absolute atomic E-state index is 0.0555. The molecule has 0 amide bonds. The molecular formula is C21H17ClFN3OS. The first kappa shape index (κ1) is 19.8. The Morgan fingerprint density at radius 2 is 1.79 bits per heavy atom. The van der Waals surface area contributed by atoms with Crippen LogP contribution < -0.4 is 15.5 Å². The van der Waals surface area contributed by atoms with Crippen molar-refractivity contribution in [1.82, 2.24) is 5.43 Å². The predicted octanol–water partition coefficient (Wildman–Crippen LogP) is 5.38. The van der Waals surface area contributed by atoms with Crippen LogP contribution in [0.2, 0.25) is 5.02 Å². The van der Waals surface area contributed by atoms with Crippen molar-refractivity contribution in [2.75, 3.05) is 5.32 Å². The number of hydrogen-bond acceptors (Lipinski definition) is 3. The third-order valence-corrected chi connectivity index (χ3v) is 4.28. The van der Waals surface area contributed by atoms with Crippen LogP contribution in [0.25, 0.3) is 0 Å². The van der Waals surface area contributed by atoms with Gasteiger partial charge >= 0.3 is 0 Å². The maximum absolute atomic E-state index is 13.8. The van der Waals surface area contributed by atoms with E-state index in [0.717, 1.165) is 11.3 Å². The highest BCUT2D eigenvalue weighted by molar-refractivity contribution is 7.80. The molecule has 3 aromatic rings. The van der Waals surface area contributed by atoms with Gasteiger partial charge in [-0.2, -0.15) is 5.10 Å². The van der Waals surface area contributed by atoms with E-state index in [1.807, 2.05) is 42.5 Å². The maximum atomic E-state index is 13.8. The van der Waals surface area contributed by atoms with Gasteiger partial charge in [0.05, 0.1) is 11.2 Å². The van der Waals surface area contributed by atoms with E-state index in [0.29, 0.717) is 21.4 Å². The molecule has 0 aliphatic carbocycles. The number of nitrogens with one attached hydrogen (secondary N) is 2. The van der Waals surface area contributed by atoms with Gasteiger partial charge in [-0.25, -0.2) is 4.39 Å². The first-order valence-corrected chi connectivity index (χ1v) is 9.21. The summed E-state index contributed by atoms with van der Waals surface area (Å²) in [4.78, 5) is 0. The van der Waals surface area contributed by atoms with Crippen molar-refractivity contribution in [2.45, 2.75) is 6.61 Å². The molecule has 0 saturated heterocycles. The lowest BCUT2D eigenvalue weighted by Gasteiger charge is -2.09. The summed E-state index contributed by atoms with van der Waals surface area (Å²) in [6.07, 6.45) is 1.64. The topological polar surface area (TPSA) is 45.6 Å².